The van der Waals surface area contributed by atoms with Gasteiger partial charge in [0.25, 0.3) is 0 Å². The molecule has 21 aromatic rings. The molecule has 106 heavy (non-hydrogen) atoms. The zero-order chi connectivity index (χ0) is 70.0. The van der Waals surface area contributed by atoms with Crippen molar-refractivity contribution in [3.8, 4) is 102 Å². The van der Waals surface area contributed by atoms with Gasteiger partial charge in [0.05, 0.1) is 61.6 Å². The Morgan fingerprint density at radius 1 is 0.189 bits per heavy atom. The van der Waals surface area contributed by atoms with Gasteiger partial charge in [0.15, 0.2) is 17.5 Å². The van der Waals surface area contributed by atoms with Crippen LogP contribution in [0.4, 0.5) is 0 Å². The summed E-state index contributed by atoms with van der Waals surface area (Å²) in [4.78, 5) is 39.1. The molecule has 10 heterocycles. The minimum absolute atomic E-state index is 0.610. The highest BCUT2D eigenvalue weighted by Crippen LogP contribution is 2.44. The highest BCUT2D eigenvalue weighted by atomic mass is 15.1. The predicted octanol–water partition coefficient (Wildman–Crippen LogP) is 22.6. The second kappa shape index (κ2) is 25.8. The molecule has 0 aliphatic carbocycles. The Morgan fingerprint density at radius 3 is 1.05 bits per heavy atom. The van der Waals surface area contributed by atoms with E-state index in [-0.39, 0.29) is 0 Å². The number of hydrogen-bond acceptors (Lipinski definition) is 8. The summed E-state index contributed by atoms with van der Waals surface area (Å²) in [5.74, 6) is 1.87. The van der Waals surface area contributed by atoms with Crippen molar-refractivity contribution in [2.75, 3.05) is 0 Å². The first-order chi connectivity index (χ1) is 52.6. The maximum atomic E-state index is 5.01. The molecule has 0 atom stereocenters. The first kappa shape index (κ1) is 61.3. The van der Waals surface area contributed by atoms with Gasteiger partial charge in [0.1, 0.15) is 11.3 Å². The molecule has 0 saturated carbocycles. The number of aromatic nitrogens is 12. The molecule has 0 unspecified atom stereocenters. The number of para-hydroxylation sites is 4. The third kappa shape index (κ3) is 10.5. The molecule has 0 bridgehead atoms. The lowest BCUT2D eigenvalue weighted by Gasteiger charge is -2.12. The van der Waals surface area contributed by atoms with Crippen molar-refractivity contribution >= 4 is 87.5 Å². The largest absolute Gasteiger partial charge is 0.309 e. The Bertz CT molecular complexity index is 6820. The molecule has 0 spiro atoms. The van der Waals surface area contributed by atoms with E-state index in [1.807, 2.05) is 122 Å². The van der Waals surface area contributed by atoms with Gasteiger partial charge in [-0.3, -0.25) is 19.1 Å². The quantitative estimate of drug-likeness (QED) is 0.125. The maximum Gasteiger partial charge on any atom is 0.164 e. The van der Waals surface area contributed by atoms with E-state index < -0.39 is 0 Å². The highest BCUT2D eigenvalue weighted by molar-refractivity contribution is 6.19. The van der Waals surface area contributed by atoms with Gasteiger partial charge in [0, 0.05) is 102 Å². The number of nitrogens with zero attached hydrogens (tertiary/aromatic N) is 12. The van der Waals surface area contributed by atoms with E-state index in [1.54, 1.807) is 12.4 Å². The van der Waals surface area contributed by atoms with Crippen molar-refractivity contribution in [2.45, 2.75) is 0 Å². The van der Waals surface area contributed by atoms with E-state index in [2.05, 4.69) is 259 Å². The summed E-state index contributed by atoms with van der Waals surface area (Å²) in [6, 6.07) is 118. The zero-order valence-corrected chi connectivity index (χ0v) is 57.0. The summed E-state index contributed by atoms with van der Waals surface area (Å²) in [5, 5.41) is 9.37. The van der Waals surface area contributed by atoms with Gasteiger partial charge >= 0.3 is 0 Å². The Kier molecular flexibility index (Phi) is 14.9. The normalized spacial score (nSPS) is 11.6. The summed E-state index contributed by atoms with van der Waals surface area (Å²) in [7, 11) is 0. The fourth-order valence-corrected chi connectivity index (χ4v) is 15.4. The van der Waals surface area contributed by atoms with Crippen molar-refractivity contribution < 1.29 is 0 Å². The molecule has 0 aliphatic rings. The molecular formula is C94H60N12. The van der Waals surface area contributed by atoms with Crippen LogP contribution in [-0.2, 0) is 0 Å². The third-order valence-corrected chi connectivity index (χ3v) is 20.1. The zero-order valence-electron chi connectivity index (χ0n) is 57.0. The molecule has 11 aromatic carbocycles. The van der Waals surface area contributed by atoms with Gasteiger partial charge in [-0.1, -0.05) is 194 Å². The third-order valence-electron chi connectivity index (χ3n) is 20.1. The standard InChI is InChI=1S/C50H32N6.C44H28N6/c1-4-15-33(16-5-1)47-52-48(34-17-6-2-7-18-34)54-49(53-47)36-19-12-22-38(31-36)56-44-29-28-35(32-42(44)40-25-14-30-51-50(40)56)39-24-13-27-45-46(39)41-23-10-11-26-43(41)55(45)37-20-8-3-9-21-37;1-2-12-30(13-3-1)49-40-19-5-4-14-34(40)43-32(15-10-20-42(43)49)29-21-22-41-35(26-29)33-16-11-25-47-44(33)50(41)31-27-38(36-17-6-8-23-45-36)48-39(28-31)37-18-7-9-24-46-37/h1-32H;1-28H. The van der Waals surface area contributed by atoms with Crippen molar-refractivity contribution in [3.63, 3.8) is 0 Å². The SMILES string of the molecule is c1ccc(-c2nc(-c3ccccc3)nc(-c3cccc(-n4c5ccc(-c6cccc7c6c6ccccc6n7-c6ccccc6)cc5c5cccnc54)c3)n2)cc1.c1ccc(-n2c3ccccc3c3c(-c4ccc5c(c4)c4cccnc4n5-c4cc(-c5ccccn5)nc(-c5ccccn5)c4)cccc32)cc1. The molecule has 21 rings (SSSR count). The molecule has 0 amide bonds. The van der Waals surface area contributed by atoms with Crippen LogP contribution in [-0.4, -0.2) is 58.1 Å². The molecule has 0 radical (unpaired) electrons. The van der Waals surface area contributed by atoms with Crippen LogP contribution in [0, 0.1) is 0 Å². The van der Waals surface area contributed by atoms with Gasteiger partial charge < -0.3 is 9.13 Å². The number of benzene rings is 11. The Balaban J connectivity index is 0.000000141. The van der Waals surface area contributed by atoms with Crippen LogP contribution >= 0.6 is 0 Å². The maximum absolute atomic E-state index is 5.01. The van der Waals surface area contributed by atoms with Crippen LogP contribution in [0.15, 0.2) is 365 Å². The van der Waals surface area contributed by atoms with Crippen molar-refractivity contribution in [1.82, 2.24) is 58.1 Å². The van der Waals surface area contributed by atoms with E-state index >= 15 is 0 Å². The van der Waals surface area contributed by atoms with Crippen LogP contribution in [0.3, 0.4) is 0 Å². The smallest absolute Gasteiger partial charge is 0.164 e. The second-order valence-corrected chi connectivity index (χ2v) is 26.3. The molecule has 0 aliphatic heterocycles. The van der Waals surface area contributed by atoms with Crippen LogP contribution in [0.25, 0.3) is 189 Å². The van der Waals surface area contributed by atoms with Gasteiger partial charge in [-0.25, -0.2) is 29.9 Å². The van der Waals surface area contributed by atoms with Gasteiger partial charge in [0.2, 0.25) is 0 Å². The summed E-state index contributed by atoms with van der Waals surface area (Å²) >= 11 is 0. The van der Waals surface area contributed by atoms with Crippen molar-refractivity contribution in [2.24, 2.45) is 0 Å². The fourth-order valence-electron chi connectivity index (χ4n) is 15.4. The summed E-state index contributed by atoms with van der Waals surface area (Å²) in [6.07, 6.45) is 7.32. The Morgan fingerprint density at radius 2 is 0.566 bits per heavy atom. The van der Waals surface area contributed by atoms with Crippen molar-refractivity contribution in [1.29, 1.82) is 0 Å². The number of rotatable bonds is 11. The van der Waals surface area contributed by atoms with Crippen LogP contribution in [0.2, 0.25) is 0 Å². The van der Waals surface area contributed by atoms with Gasteiger partial charge in [-0.2, -0.15) is 0 Å². The summed E-state index contributed by atoms with van der Waals surface area (Å²) in [5.41, 5.74) is 23.5. The molecule has 0 saturated heterocycles. The molecule has 10 aromatic heterocycles. The number of fused-ring (bicyclic) bond motifs is 12. The lowest BCUT2D eigenvalue weighted by Crippen LogP contribution is -2.01. The van der Waals surface area contributed by atoms with Gasteiger partial charge in [-0.05, 0) is 168 Å². The summed E-state index contributed by atoms with van der Waals surface area (Å²) in [6.45, 7) is 0. The fraction of sp³-hybridized carbons (Fsp3) is 0. The molecule has 0 N–H and O–H groups in total. The van der Waals surface area contributed by atoms with E-state index in [9.17, 15) is 0 Å². The molecule has 12 heteroatoms. The summed E-state index contributed by atoms with van der Waals surface area (Å²) < 4.78 is 9.21. The second-order valence-electron chi connectivity index (χ2n) is 26.3. The number of pyridine rings is 5. The van der Waals surface area contributed by atoms with Crippen LogP contribution in [0.5, 0.6) is 0 Å². The van der Waals surface area contributed by atoms with E-state index in [1.165, 1.54) is 54.7 Å². The monoisotopic (exact) mass is 1360 g/mol. The minimum Gasteiger partial charge on any atom is -0.309 e. The topological polar surface area (TPSA) is 123 Å². The molecule has 0 fully saturated rings. The molecular weight excluding hydrogens is 1300 g/mol. The van der Waals surface area contributed by atoms with Crippen LogP contribution in [0.1, 0.15) is 0 Å². The lowest BCUT2D eigenvalue weighted by atomic mass is 9.98. The Labute approximate surface area is 608 Å². The highest BCUT2D eigenvalue weighted by Gasteiger charge is 2.24. The molecule has 496 valence electrons. The van der Waals surface area contributed by atoms with Crippen LogP contribution < -0.4 is 0 Å². The first-order valence-corrected chi connectivity index (χ1v) is 35.4. The van der Waals surface area contributed by atoms with E-state index in [0.717, 1.165) is 117 Å². The van der Waals surface area contributed by atoms with E-state index in [4.69, 9.17) is 29.9 Å². The molecule has 12 nitrogen and oxygen atoms in total. The first-order valence-electron chi connectivity index (χ1n) is 35.4. The average Bonchev–Trinajstić information content (AvgIpc) is 1.58. The van der Waals surface area contributed by atoms with Crippen molar-refractivity contribution in [3.05, 3.63) is 365 Å². The average molecular weight is 1360 g/mol. The van der Waals surface area contributed by atoms with E-state index in [0.29, 0.717) is 17.5 Å². The predicted molar refractivity (Wildman–Crippen MR) is 431 cm³/mol. The Hall–Kier alpha value is -14.6. The minimum atomic E-state index is 0.610. The lowest BCUT2D eigenvalue weighted by molar-refractivity contribution is 1.07. The van der Waals surface area contributed by atoms with Gasteiger partial charge in [-0.15, -0.1) is 0 Å². The number of hydrogen-bond donors (Lipinski definition) is 0.